The summed E-state index contributed by atoms with van der Waals surface area (Å²) in [5.41, 5.74) is 3.01. The molecule has 0 saturated heterocycles. The monoisotopic (exact) mass is 382 g/mol. The van der Waals surface area contributed by atoms with Crippen LogP contribution in [0.1, 0.15) is 46.0 Å². The van der Waals surface area contributed by atoms with E-state index in [1.165, 1.54) is 18.4 Å². The van der Waals surface area contributed by atoms with Crippen molar-refractivity contribution < 1.29 is 9.21 Å². The maximum Gasteiger partial charge on any atom is 0.257 e. The summed E-state index contributed by atoms with van der Waals surface area (Å²) in [7, 11) is 3.59. The Hall–Kier alpha value is -2.34. The molecule has 1 aliphatic heterocycles. The largest absolute Gasteiger partial charge is 0.465 e. The lowest BCUT2D eigenvalue weighted by molar-refractivity contribution is 0.0828. The third-order valence-corrected chi connectivity index (χ3v) is 5.62. The van der Waals surface area contributed by atoms with Gasteiger partial charge in [0, 0.05) is 45.8 Å². The van der Waals surface area contributed by atoms with Crippen molar-refractivity contribution in [1.29, 1.82) is 0 Å². The third kappa shape index (κ3) is 4.38. The second-order valence-corrected chi connectivity index (χ2v) is 8.30. The molecule has 150 valence electrons. The number of aromatic nitrogens is 1. The Morgan fingerprint density at radius 1 is 1.29 bits per heavy atom. The number of rotatable bonds is 6. The van der Waals surface area contributed by atoms with Crippen molar-refractivity contribution in [3.8, 4) is 0 Å². The van der Waals surface area contributed by atoms with Crippen LogP contribution in [0, 0.1) is 12.8 Å². The first kappa shape index (κ1) is 19.0. The third-order valence-electron chi connectivity index (χ3n) is 5.62. The second kappa shape index (κ2) is 7.95. The maximum absolute atomic E-state index is 12.7. The number of nitrogens with one attached hydrogen (secondary N) is 1. The summed E-state index contributed by atoms with van der Waals surface area (Å²) in [5, 5.41) is 3.45. The molecule has 3 heterocycles. The Morgan fingerprint density at radius 2 is 2.07 bits per heavy atom. The smallest absolute Gasteiger partial charge is 0.257 e. The lowest BCUT2D eigenvalue weighted by Gasteiger charge is -2.17. The molecule has 4 rings (SSSR count). The van der Waals surface area contributed by atoms with E-state index < -0.39 is 0 Å². The number of nitrogens with zero attached hydrogens (tertiary/aromatic N) is 3. The fourth-order valence-electron chi connectivity index (χ4n) is 3.73. The van der Waals surface area contributed by atoms with E-state index >= 15 is 0 Å². The van der Waals surface area contributed by atoms with Crippen LogP contribution < -0.4 is 5.32 Å². The molecule has 2 aromatic rings. The molecule has 1 saturated carbocycles. The van der Waals surface area contributed by atoms with Crippen molar-refractivity contribution in [2.45, 2.75) is 39.2 Å². The van der Waals surface area contributed by atoms with Crippen LogP contribution in [-0.4, -0.2) is 54.4 Å². The van der Waals surface area contributed by atoms with E-state index in [4.69, 9.17) is 9.40 Å². The van der Waals surface area contributed by atoms with Gasteiger partial charge in [-0.05, 0) is 55.9 Å². The molecule has 2 aromatic heterocycles. The van der Waals surface area contributed by atoms with Gasteiger partial charge in [-0.3, -0.25) is 9.69 Å². The number of carbonyl (C=O) groups excluding carboxylic acids is 1. The van der Waals surface area contributed by atoms with E-state index in [9.17, 15) is 4.79 Å². The topological polar surface area (TPSA) is 61.6 Å². The lowest BCUT2D eigenvalue weighted by atomic mass is 10.0. The van der Waals surface area contributed by atoms with Crippen LogP contribution in [-0.2, 0) is 19.4 Å². The highest BCUT2D eigenvalue weighted by Crippen LogP contribution is 2.30. The van der Waals surface area contributed by atoms with E-state index in [0.29, 0.717) is 5.56 Å². The molecule has 0 atom stereocenters. The number of pyridine rings is 1. The number of amides is 1. The van der Waals surface area contributed by atoms with E-state index in [0.717, 1.165) is 68.0 Å². The number of furan rings is 1. The van der Waals surface area contributed by atoms with E-state index in [1.807, 2.05) is 13.0 Å². The zero-order valence-electron chi connectivity index (χ0n) is 17.1. The first-order chi connectivity index (χ1) is 13.5. The highest BCUT2D eigenvalue weighted by molar-refractivity contribution is 5.98. The fraction of sp³-hybridized carbons (Fsp3) is 0.545. The maximum atomic E-state index is 12.7. The standard InChI is InChI=1S/C22H30N4O2/c1-15-4-7-18(28-15)14-26-10-8-17-12-19(22(27)25(2)3)21(23-13-16-5-6-16)24-20(17)9-11-26/h4,7,12,16H,5-6,8-11,13-14H2,1-3H3,(H,23,24). The van der Waals surface area contributed by atoms with Gasteiger partial charge in [-0.15, -0.1) is 0 Å². The van der Waals surface area contributed by atoms with Gasteiger partial charge in [-0.25, -0.2) is 4.98 Å². The SMILES string of the molecule is Cc1ccc(CN2CCc3cc(C(=O)N(C)C)c(NCC4CC4)nc3CC2)o1. The molecule has 0 spiro atoms. The summed E-state index contributed by atoms with van der Waals surface area (Å²) in [4.78, 5) is 21.7. The zero-order chi connectivity index (χ0) is 19.7. The van der Waals surface area contributed by atoms with Crippen molar-refractivity contribution >= 4 is 11.7 Å². The molecule has 2 aliphatic rings. The van der Waals surface area contributed by atoms with Gasteiger partial charge in [0.15, 0.2) is 0 Å². The molecule has 1 fully saturated rings. The Bertz CT molecular complexity index is 854. The highest BCUT2D eigenvalue weighted by Gasteiger charge is 2.25. The fourth-order valence-corrected chi connectivity index (χ4v) is 3.73. The predicted molar refractivity (Wildman–Crippen MR) is 110 cm³/mol. The van der Waals surface area contributed by atoms with Gasteiger partial charge in [0.25, 0.3) is 5.91 Å². The first-order valence-electron chi connectivity index (χ1n) is 10.3. The lowest BCUT2D eigenvalue weighted by Crippen LogP contribution is -2.25. The van der Waals surface area contributed by atoms with Gasteiger partial charge < -0.3 is 14.6 Å². The van der Waals surface area contributed by atoms with Crippen LogP contribution in [0.15, 0.2) is 22.6 Å². The first-order valence-corrected chi connectivity index (χ1v) is 10.3. The van der Waals surface area contributed by atoms with Crippen LogP contribution in [0.4, 0.5) is 5.82 Å². The molecule has 28 heavy (non-hydrogen) atoms. The number of carbonyl (C=O) groups is 1. The number of hydrogen-bond acceptors (Lipinski definition) is 5. The van der Waals surface area contributed by atoms with Crippen LogP contribution >= 0.6 is 0 Å². The molecule has 6 nitrogen and oxygen atoms in total. The molecule has 0 unspecified atom stereocenters. The highest BCUT2D eigenvalue weighted by atomic mass is 16.3. The minimum absolute atomic E-state index is 0.0146. The van der Waals surface area contributed by atoms with Gasteiger partial charge in [0.1, 0.15) is 17.3 Å². The van der Waals surface area contributed by atoms with Gasteiger partial charge >= 0.3 is 0 Å². The van der Waals surface area contributed by atoms with Crippen LogP contribution in [0.3, 0.4) is 0 Å². The van der Waals surface area contributed by atoms with E-state index in [1.54, 1.807) is 19.0 Å². The summed E-state index contributed by atoms with van der Waals surface area (Å²) < 4.78 is 5.74. The van der Waals surface area contributed by atoms with Crippen LogP contribution in [0.25, 0.3) is 0 Å². The van der Waals surface area contributed by atoms with Crippen molar-refractivity contribution in [3.05, 3.63) is 46.5 Å². The Balaban J connectivity index is 1.53. The molecule has 0 aromatic carbocycles. The Labute approximate surface area is 166 Å². The van der Waals surface area contributed by atoms with Crippen LogP contribution in [0.2, 0.25) is 0 Å². The summed E-state index contributed by atoms with van der Waals surface area (Å²) in [5.74, 6) is 3.45. The number of fused-ring (bicyclic) bond motifs is 1. The Morgan fingerprint density at radius 3 is 2.75 bits per heavy atom. The van der Waals surface area contributed by atoms with Crippen molar-refractivity contribution in [2.24, 2.45) is 5.92 Å². The molecule has 1 N–H and O–H groups in total. The van der Waals surface area contributed by atoms with Crippen molar-refractivity contribution in [2.75, 3.05) is 39.0 Å². The van der Waals surface area contributed by atoms with Gasteiger partial charge in [-0.2, -0.15) is 0 Å². The average molecular weight is 383 g/mol. The molecule has 0 bridgehead atoms. The number of anilines is 1. The minimum Gasteiger partial charge on any atom is -0.465 e. The molecule has 1 aliphatic carbocycles. The summed E-state index contributed by atoms with van der Waals surface area (Å²) >= 11 is 0. The molecule has 0 radical (unpaired) electrons. The molecule has 1 amide bonds. The van der Waals surface area contributed by atoms with Gasteiger partial charge in [0.2, 0.25) is 0 Å². The summed E-state index contributed by atoms with van der Waals surface area (Å²) in [6.45, 7) is 5.59. The van der Waals surface area contributed by atoms with Gasteiger partial charge in [0.05, 0.1) is 12.1 Å². The van der Waals surface area contributed by atoms with Crippen molar-refractivity contribution in [1.82, 2.24) is 14.8 Å². The minimum atomic E-state index is 0.0146. The van der Waals surface area contributed by atoms with Crippen LogP contribution in [0.5, 0.6) is 0 Å². The zero-order valence-corrected chi connectivity index (χ0v) is 17.1. The summed E-state index contributed by atoms with van der Waals surface area (Å²) in [6.07, 6.45) is 4.34. The predicted octanol–water partition coefficient (Wildman–Crippen LogP) is 3.11. The number of aryl methyl sites for hydroxylation is 1. The quantitative estimate of drug-likeness (QED) is 0.832. The van der Waals surface area contributed by atoms with E-state index in [2.05, 4.69) is 22.3 Å². The molecular formula is C22H30N4O2. The van der Waals surface area contributed by atoms with E-state index in [-0.39, 0.29) is 5.91 Å². The number of hydrogen-bond donors (Lipinski definition) is 1. The molecular weight excluding hydrogens is 352 g/mol. The second-order valence-electron chi connectivity index (χ2n) is 8.30. The average Bonchev–Trinajstić information content (AvgIpc) is 3.44. The van der Waals surface area contributed by atoms with Gasteiger partial charge in [-0.1, -0.05) is 0 Å². The van der Waals surface area contributed by atoms with Crippen molar-refractivity contribution in [3.63, 3.8) is 0 Å². The summed E-state index contributed by atoms with van der Waals surface area (Å²) in [6, 6.07) is 6.14. The Kier molecular flexibility index (Phi) is 5.40. The molecule has 6 heteroatoms. The normalized spacial score (nSPS) is 17.1.